The molecule has 1 aliphatic rings. The number of carbonyl (C=O) groups is 2. The summed E-state index contributed by atoms with van der Waals surface area (Å²) in [5.41, 5.74) is 2.95. The lowest BCUT2D eigenvalue weighted by Gasteiger charge is -2.27. The van der Waals surface area contributed by atoms with E-state index in [-0.39, 0.29) is 17.7 Å². The van der Waals surface area contributed by atoms with Gasteiger partial charge in [-0.2, -0.15) is 0 Å². The molecule has 0 unspecified atom stereocenters. The predicted molar refractivity (Wildman–Crippen MR) is 112 cm³/mol. The first-order valence-corrected chi connectivity index (χ1v) is 10.5. The molecule has 150 valence electrons. The van der Waals surface area contributed by atoms with E-state index in [0.717, 1.165) is 28.2 Å². The average Bonchev–Trinajstić information content (AvgIpc) is 3.40. The normalized spacial score (nSPS) is 14.3. The number of nitrogens with zero attached hydrogens (tertiary/aromatic N) is 4. The summed E-state index contributed by atoms with van der Waals surface area (Å²) in [5.74, 6) is 0.0485. The lowest BCUT2D eigenvalue weighted by Crippen LogP contribution is -2.37. The number of hydrogen-bond acceptors (Lipinski definition) is 5. The maximum absolute atomic E-state index is 12.5. The largest absolute Gasteiger partial charge is 0.347 e. The van der Waals surface area contributed by atoms with Crippen molar-refractivity contribution in [2.24, 2.45) is 5.92 Å². The minimum atomic E-state index is -0.134. The fourth-order valence-electron chi connectivity index (χ4n) is 3.29. The SMILES string of the molecule is CC(C)C(=O)N1CC=C(c2ncc(C(=O)NCc3ccn4ccnc4c3)s2)CC1. The highest BCUT2D eigenvalue weighted by atomic mass is 32.1. The van der Waals surface area contributed by atoms with E-state index in [1.165, 1.54) is 11.3 Å². The highest BCUT2D eigenvalue weighted by molar-refractivity contribution is 7.14. The Balaban J connectivity index is 1.37. The second kappa shape index (κ2) is 8.16. The van der Waals surface area contributed by atoms with E-state index in [9.17, 15) is 9.59 Å². The van der Waals surface area contributed by atoms with Crippen molar-refractivity contribution in [2.75, 3.05) is 13.1 Å². The summed E-state index contributed by atoms with van der Waals surface area (Å²) < 4.78 is 1.93. The fourth-order valence-corrected chi connectivity index (χ4v) is 4.19. The number of carbonyl (C=O) groups excluding carboxylic acids is 2. The monoisotopic (exact) mass is 409 g/mol. The van der Waals surface area contributed by atoms with Crippen LogP contribution in [0.2, 0.25) is 0 Å². The number of imidazole rings is 1. The zero-order valence-electron chi connectivity index (χ0n) is 16.5. The second-order valence-corrected chi connectivity index (χ2v) is 8.39. The van der Waals surface area contributed by atoms with Crippen LogP contribution < -0.4 is 5.32 Å². The van der Waals surface area contributed by atoms with Crippen molar-refractivity contribution in [1.29, 1.82) is 0 Å². The number of amides is 2. The summed E-state index contributed by atoms with van der Waals surface area (Å²) in [6.07, 6.45) is 9.99. The summed E-state index contributed by atoms with van der Waals surface area (Å²) in [7, 11) is 0. The van der Waals surface area contributed by atoms with E-state index in [2.05, 4.69) is 15.3 Å². The molecule has 0 spiro atoms. The van der Waals surface area contributed by atoms with Crippen LogP contribution in [0.4, 0.5) is 0 Å². The molecule has 0 aromatic carbocycles. The van der Waals surface area contributed by atoms with Crippen LogP contribution in [0.5, 0.6) is 0 Å². The molecule has 0 fully saturated rings. The van der Waals surface area contributed by atoms with Gasteiger partial charge in [-0.1, -0.05) is 19.9 Å². The van der Waals surface area contributed by atoms with Crippen molar-refractivity contribution in [3.63, 3.8) is 0 Å². The number of rotatable bonds is 5. The highest BCUT2D eigenvalue weighted by Crippen LogP contribution is 2.27. The second-order valence-electron chi connectivity index (χ2n) is 7.36. The first-order valence-electron chi connectivity index (χ1n) is 9.65. The molecule has 29 heavy (non-hydrogen) atoms. The number of fused-ring (bicyclic) bond motifs is 1. The summed E-state index contributed by atoms with van der Waals surface area (Å²) in [6, 6.07) is 3.92. The molecule has 0 saturated heterocycles. The van der Waals surface area contributed by atoms with E-state index < -0.39 is 0 Å². The topological polar surface area (TPSA) is 79.6 Å². The quantitative estimate of drug-likeness (QED) is 0.703. The van der Waals surface area contributed by atoms with Gasteiger partial charge in [0.2, 0.25) is 5.91 Å². The van der Waals surface area contributed by atoms with Crippen molar-refractivity contribution < 1.29 is 9.59 Å². The van der Waals surface area contributed by atoms with Crippen LogP contribution in [-0.2, 0) is 11.3 Å². The maximum atomic E-state index is 12.5. The Hall–Kier alpha value is -3.00. The molecule has 7 nitrogen and oxygen atoms in total. The Morgan fingerprint density at radius 3 is 2.90 bits per heavy atom. The van der Waals surface area contributed by atoms with Crippen LogP contribution in [0.3, 0.4) is 0 Å². The third-order valence-corrected chi connectivity index (χ3v) is 6.01. The van der Waals surface area contributed by atoms with Gasteiger partial charge in [0.05, 0.1) is 6.20 Å². The fraction of sp³-hybridized carbons (Fsp3) is 0.333. The summed E-state index contributed by atoms with van der Waals surface area (Å²) in [5, 5.41) is 3.80. The van der Waals surface area contributed by atoms with E-state index in [1.54, 1.807) is 12.4 Å². The molecular formula is C21H23N5O2S. The van der Waals surface area contributed by atoms with Crippen LogP contribution in [0, 0.1) is 5.92 Å². The van der Waals surface area contributed by atoms with Gasteiger partial charge < -0.3 is 14.6 Å². The molecule has 1 aliphatic heterocycles. The van der Waals surface area contributed by atoms with Crippen molar-refractivity contribution in [3.8, 4) is 0 Å². The average molecular weight is 410 g/mol. The van der Waals surface area contributed by atoms with Gasteiger partial charge in [0.25, 0.3) is 5.91 Å². The number of aromatic nitrogens is 3. The number of thiazole rings is 1. The van der Waals surface area contributed by atoms with Gasteiger partial charge in [0, 0.05) is 44.1 Å². The number of nitrogens with one attached hydrogen (secondary N) is 1. The first kappa shape index (κ1) is 19.3. The van der Waals surface area contributed by atoms with Gasteiger partial charge in [-0.3, -0.25) is 9.59 Å². The molecule has 0 atom stereocenters. The van der Waals surface area contributed by atoms with Gasteiger partial charge in [-0.25, -0.2) is 9.97 Å². The summed E-state index contributed by atoms with van der Waals surface area (Å²) >= 11 is 1.39. The Labute approximate surface area is 173 Å². The smallest absolute Gasteiger partial charge is 0.263 e. The highest BCUT2D eigenvalue weighted by Gasteiger charge is 2.21. The summed E-state index contributed by atoms with van der Waals surface area (Å²) in [6.45, 7) is 5.56. The number of pyridine rings is 1. The molecule has 2 amide bonds. The van der Waals surface area contributed by atoms with Crippen LogP contribution in [0.25, 0.3) is 11.2 Å². The third kappa shape index (κ3) is 4.22. The molecule has 0 radical (unpaired) electrons. The molecule has 1 N–H and O–H groups in total. The van der Waals surface area contributed by atoms with Crippen molar-refractivity contribution >= 4 is 34.4 Å². The molecule has 3 aromatic rings. The first-order chi connectivity index (χ1) is 14.0. The molecule has 8 heteroatoms. The molecule has 0 saturated carbocycles. The van der Waals surface area contributed by atoms with Crippen LogP contribution >= 0.6 is 11.3 Å². The summed E-state index contributed by atoms with van der Waals surface area (Å²) in [4.78, 5) is 35.8. The maximum Gasteiger partial charge on any atom is 0.263 e. The predicted octanol–water partition coefficient (Wildman–Crippen LogP) is 2.99. The van der Waals surface area contributed by atoms with Crippen molar-refractivity contribution in [3.05, 3.63) is 58.4 Å². The molecular weight excluding hydrogens is 386 g/mol. The van der Waals surface area contributed by atoms with Crippen LogP contribution in [0.1, 0.15) is 40.5 Å². The lowest BCUT2D eigenvalue weighted by molar-refractivity contribution is -0.134. The molecule has 0 aliphatic carbocycles. The van der Waals surface area contributed by atoms with E-state index in [4.69, 9.17) is 0 Å². The van der Waals surface area contributed by atoms with Gasteiger partial charge in [0.15, 0.2) is 0 Å². The van der Waals surface area contributed by atoms with Gasteiger partial charge >= 0.3 is 0 Å². The van der Waals surface area contributed by atoms with E-state index in [0.29, 0.717) is 24.5 Å². The third-order valence-electron chi connectivity index (χ3n) is 4.93. The zero-order chi connectivity index (χ0) is 20.4. The minimum absolute atomic E-state index is 0.00862. The Kier molecular flexibility index (Phi) is 5.44. The lowest BCUT2D eigenvalue weighted by atomic mass is 10.1. The zero-order valence-corrected chi connectivity index (χ0v) is 17.3. The molecule has 4 heterocycles. The Morgan fingerprint density at radius 1 is 1.28 bits per heavy atom. The minimum Gasteiger partial charge on any atom is -0.347 e. The Bertz CT molecular complexity index is 1080. The Morgan fingerprint density at radius 2 is 2.14 bits per heavy atom. The van der Waals surface area contributed by atoms with Crippen molar-refractivity contribution in [1.82, 2.24) is 24.6 Å². The molecule has 0 bridgehead atoms. The molecule has 3 aromatic heterocycles. The van der Waals surface area contributed by atoms with Crippen LogP contribution in [-0.4, -0.2) is 44.2 Å². The van der Waals surface area contributed by atoms with Gasteiger partial charge in [0.1, 0.15) is 15.5 Å². The molecule has 4 rings (SSSR count). The van der Waals surface area contributed by atoms with Gasteiger partial charge in [-0.05, 0) is 29.7 Å². The van der Waals surface area contributed by atoms with E-state index in [1.807, 2.05) is 53.8 Å². The van der Waals surface area contributed by atoms with Crippen LogP contribution in [0.15, 0.2) is 43.0 Å². The van der Waals surface area contributed by atoms with Crippen molar-refractivity contribution in [2.45, 2.75) is 26.8 Å². The standard InChI is InChI=1S/C21H23N5O2S/c1-14(2)21(28)26-8-4-16(5-9-26)20-24-13-17(29-20)19(27)23-12-15-3-7-25-10-6-22-18(25)11-15/h3-4,6-7,10-11,13-14H,5,8-9,12H2,1-2H3,(H,23,27). The van der Waals surface area contributed by atoms with Gasteiger partial charge in [-0.15, -0.1) is 11.3 Å². The number of hydrogen-bond donors (Lipinski definition) is 1. The van der Waals surface area contributed by atoms with E-state index >= 15 is 0 Å².